The lowest BCUT2D eigenvalue weighted by Gasteiger charge is -1.97. The fourth-order valence-electron chi connectivity index (χ4n) is 0.961. The second-order valence-corrected chi connectivity index (χ2v) is 4.04. The molecule has 0 bridgehead atoms. The maximum atomic E-state index is 10.6. The molecule has 15 heavy (non-hydrogen) atoms. The first-order chi connectivity index (χ1) is 7.22. The van der Waals surface area contributed by atoms with Gasteiger partial charge in [0.25, 0.3) is 0 Å². The molecular formula is C11H13NO2S. The fourth-order valence-corrected chi connectivity index (χ4v) is 1.39. The molecule has 0 amide bonds. The van der Waals surface area contributed by atoms with Gasteiger partial charge in [0.2, 0.25) is 5.88 Å². The highest BCUT2D eigenvalue weighted by Gasteiger charge is 1.92. The molecule has 0 aliphatic heterocycles. The maximum Gasteiger partial charge on any atom is 0.212 e. The largest absolute Gasteiger partial charge is 0.481 e. The van der Waals surface area contributed by atoms with Crippen molar-refractivity contribution in [1.82, 2.24) is 4.98 Å². The molecule has 4 heteroatoms. The Labute approximate surface area is 93.5 Å². The highest BCUT2D eigenvalue weighted by atomic mass is 32.2. The van der Waals surface area contributed by atoms with Crippen LogP contribution < -0.4 is 4.74 Å². The maximum absolute atomic E-state index is 10.6. The Morgan fingerprint density at radius 1 is 1.60 bits per heavy atom. The molecule has 0 saturated carbocycles. The minimum atomic E-state index is 0.132. The Hall–Kier alpha value is -1.29. The standard InChI is InChI=1S/C11H13NO2S/c1-9(13)15-7-3-4-10-5-6-11(14-2)12-8-10/h3-6,8H,7H2,1-2H3. The fraction of sp³-hybridized carbons (Fsp3) is 0.273. The Kier molecular flexibility index (Phi) is 4.90. The van der Waals surface area contributed by atoms with Gasteiger partial charge in [-0.15, -0.1) is 0 Å². The van der Waals surface area contributed by atoms with E-state index in [9.17, 15) is 4.79 Å². The van der Waals surface area contributed by atoms with Crippen molar-refractivity contribution in [2.45, 2.75) is 6.92 Å². The molecule has 80 valence electrons. The van der Waals surface area contributed by atoms with Crippen molar-refractivity contribution in [3.8, 4) is 5.88 Å². The molecule has 1 aromatic heterocycles. The van der Waals surface area contributed by atoms with E-state index in [1.807, 2.05) is 18.2 Å². The SMILES string of the molecule is COc1ccc(C=CCSC(C)=O)cn1. The van der Waals surface area contributed by atoms with Crippen LogP contribution in [0.25, 0.3) is 6.08 Å². The first-order valence-corrected chi connectivity index (χ1v) is 5.51. The minimum absolute atomic E-state index is 0.132. The first kappa shape index (κ1) is 11.8. The zero-order chi connectivity index (χ0) is 11.1. The highest BCUT2D eigenvalue weighted by Crippen LogP contribution is 2.09. The molecular weight excluding hydrogens is 210 g/mol. The van der Waals surface area contributed by atoms with Crippen molar-refractivity contribution in [3.63, 3.8) is 0 Å². The zero-order valence-electron chi connectivity index (χ0n) is 8.77. The summed E-state index contributed by atoms with van der Waals surface area (Å²) in [4.78, 5) is 14.7. The molecule has 0 aromatic carbocycles. The van der Waals surface area contributed by atoms with Crippen LogP contribution in [0.5, 0.6) is 5.88 Å². The van der Waals surface area contributed by atoms with Crippen molar-refractivity contribution in [2.75, 3.05) is 12.9 Å². The van der Waals surface area contributed by atoms with Crippen LogP contribution in [0, 0.1) is 0 Å². The number of aromatic nitrogens is 1. The van der Waals surface area contributed by atoms with E-state index in [4.69, 9.17) is 4.74 Å². The van der Waals surface area contributed by atoms with E-state index in [0.717, 1.165) is 5.56 Å². The van der Waals surface area contributed by atoms with Gasteiger partial charge < -0.3 is 4.74 Å². The number of hydrogen-bond donors (Lipinski definition) is 0. The van der Waals surface area contributed by atoms with Gasteiger partial charge in [-0.3, -0.25) is 4.79 Å². The third-order valence-corrected chi connectivity index (χ3v) is 2.43. The third-order valence-electron chi connectivity index (χ3n) is 1.66. The van der Waals surface area contributed by atoms with Crippen LogP contribution in [0.3, 0.4) is 0 Å². The van der Waals surface area contributed by atoms with E-state index >= 15 is 0 Å². The average molecular weight is 223 g/mol. The Balaban J connectivity index is 2.46. The Morgan fingerprint density at radius 3 is 2.93 bits per heavy atom. The first-order valence-electron chi connectivity index (χ1n) is 4.52. The lowest BCUT2D eigenvalue weighted by atomic mass is 10.3. The van der Waals surface area contributed by atoms with Gasteiger partial charge in [-0.05, 0) is 11.6 Å². The van der Waals surface area contributed by atoms with Crippen molar-refractivity contribution in [3.05, 3.63) is 30.0 Å². The summed E-state index contributed by atoms with van der Waals surface area (Å²) >= 11 is 1.29. The van der Waals surface area contributed by atoms with Crippen molar-refractivity contribution < 1.29 is 9.53 Å². The normalized spacial score (nSPS) is 10.5. The van der Waals surface area contributed by atoms with Crippen LogP contribution >= 0.6 is 11.8 Å². The number of carbonyl (C=O) groups excluding carboxylic acids is 1. The van der Waals surface area contributed by atoms with E-state index < -0.39 is 0 Å². The molecule has 1 aromatic rings. The molecule has 0 N–H and O–H groups in total. The van der Waals surface area contributed by atoms with Gasteiger partial charge in [0.15, 0.2) is 5.12 Å². The van der Waals surface area contributed by atoms with Gasteiger partial charge in [0.1, 0.15) is 0 Å². The van der Waals surface area contributed by atoms with Gasteiger partial charge in [-0.25, -0.2) is 4.98 Å². The summed E-state index contributed by atoms with van der Waals surface area (Å²) < 4.78 is 4.94. The molecule has 0 radical (unpaired) electrons. The topological polar surface area (TPSA) is 39.2 Å². The van der Waals surface area contributed by atoms with Gasteiger partial charge in [-0.2, -0.15) is 0 Å². The van der Waals surface area contributed by atoms with Crippen LogP contribution in [-0.2, 0) is 4.79 Å². The van der Waals surface area contributed by atoms with E-state index in [-0.39, 0.29) is 5.12 Å². The lowest BCUT2D eigenvalue weighted by Crippen LogP contribution is -1.86. The van der Waals surface area contributed by atoms with E-state index in [1.165, 1.54) is 11.8 Å². The zero-order valence-corrected chi connectivity index (χ0v) is 9.58. The number of nitrogens with zero attached hydrogens (tertiary/aromatic N) is 1. The summed E-state index contributed by atoms with van der Waals surface area (Å²) in [6.45, 7) is 1.56. The Morgan fingerprint density at radius 2 is 2.40 bits per heavy atom. The molecule has 3 nitrogen and oxygen atoms in total. The van der Waals surface area contributed by atoms with Crippen molar-refractivity contribution in [1.29, 1.82) is 0 Å². The Bertz CT molecular complexity index is 346. The smallest absolute Gasteiger partial charge is 0.212 e. The van der Waals surface area contributed by atoms with Crippen LogP contribution in [0.1, 0.15) is 12.5 Å². The van der Waals surface area contributed by atoms with E-state index in [0.29, 0.717) is 11.6 Å². The summed E-state index contributed by atoms with van der Waals surface area (Å²) in [5.41, 5.74) is 1.000. The number of rotatable bonds is 4. The van der Waals surface area contributed by atoms with Gasteiger partial charge in [0, 0.05) is 24.9 Å². The molecule has 0 fully saturated rings. The molecule has 0 aliphatic rings. The minimum Gasteiger partial charge on any atom is -0.481 e. The van der Waals surface area contributed by atoms with Gasteiger partial charge >= 0.3 is 0 Å². The van der Waals surface area contributed by atoms with Crippen LogP contribution in [0.15, 0.2) is 24.4 Å². The number of hydrogen-bond acceptors (Lipinski definition) is 4. The van der Waals surface area contributed by atoms with Gasteiger partial charge in [-0.1, -0.05) is 23.9 Å². The summed E-state index contributed by atoms with van der Waals surface area (Å²) in [6.07, 6.45) is 5.60. The molecule has 0 unspecified atom stereocenters. The second kappa shape index (κ2) is 6.24. The average Bonchev–Trinajstić information content (AvgIpc) is 2.25. The molecule has 1 heterocycles. The summed E-state index contributed by atoms with van der Waals surface area (Å²) in [5.74, 6) is 1.30. The molecule has 0 saturated heterocycles. The summed E-state index contributed by atoms with van der Waals surface area (Å²) in [7, 11) is 1.58. The molecule has 1 rings (SSSR count). The van der Waals surface area contributed by atoms with E-state index in [1.54, 1.807) is 26.3 Å². The van der Waals surface area contributed by atoms with Crippen LogP contribution in [0.2, 0.25) is 0 Å². The lowest BCUT2D eigenvalue weighted by molar-refractivity contribution is -0.109. The van der Waals surface area contributed by atoms with Gasteiger partial charge in [0.05, 0.1) is 7.11 Å². The monoisotopic (exact) mass is 223 g/mol. The third kappa shape index (κ3) is 4.65. The molecule has 0 spiro atoms. The predicted octanol–water partition coefficient (Wildman–Crippen LogP) is 2.38. The number of ether oxygens (including phenoxy) is 1. The van der Waals surface area contributed by atoms with Crippen LogP contribution in [0.4, 0.5) is 0 Å². The summed E-state index contributed by atoms with van der Waals surface area (Å²) in [5, 5.41) is 0.132. The van der Waals surface area contributed by atoms with Crippen molar-refractivity contribution >= 4 is 23.0 Å². The number of methoxy groups -OCH3 is 1. The predicted molar refractivity (Wildman–Crippen MR) is 63.0 cm³/mol. The van der Waals surface area contributed by atoms with Crippen LogP contribution in [-0.4, -0.2) is 23.0 Å². The number of pyridine rings is 1. The quantitative estimate of drug-likeness (QED) is 0.785. The van der Waals surface area contributed by atoms with Crippen molar-refractivity contribution in [2.24, 2.45) is 0 Å². The molecule has 0 atom stereocenters. The number of thioether (sulfide) groups is 1. The number of carbonyl (C=O) groups is 1. The second-order valence-electron chi connectivity index (χ2n) is 2.84. The highest BCUT2D eigenvalue weighted by molar-refractivity contribution is 8.13. The van der Waals surface area contributed by atoms with E-state index in [2.05, 4.69) is 4.98 Å². The summed E-state index contributed by atoms with van der Waals surface area (Å²) in [6, 6.07) is 3.72. The molecule has 0 aliphatic carbocycles.